The molecule has 1 aromatic carbocycles. The molecule has 4 nitrogen and oxygen atoms in total. The highest BCUT2D eigenvalue weighted by Crippen LogP contribution is 2.22. The second kappa shape index (κ2) is 8.04. The van der Waals surface area contributed by atoms with Gasteiger partial charge in [0.2, 0.25) is 0 Å². The minimum absolute atomic E-state index is 0.240. The topological polar surface area (TPSA) is 52.6 Å². The predicted molar refractivity (Wildman–Crippen MR) is 79.3 cm³/mol. The average molecular weight is 343 g/mol. The Bertz CT molecular complexity index is 467. The molecule has 1 rings (SSSR count). The van der Waals surface area contributed by atoms with Crippen LogP contribution in [0, 0.1) is 12.8 Å². The number of aryl methyl sites for hydroxylation is 1. The smallest absolute Gasteiger partial charge is 0.320 e. The van der Waals surface area contributed by atoms with E-state index in [1.165, 1.54) is 0 Å². The van der Waals surface area contributed by atoms with Crippen LogP contribution in [0.2, 0.25) is 0 Å². The molecular formula is C15H19BrO4. The Morgan fingerprint density at radius 1 is 1.15 bits per heavy atom. The molecule has 0 heterocycles. The third kappa shape index (κ3) is 4.63. The highest BCUT2D eigenvalue weighted by Gasteiger charge is 2.30. The van der Waals surface area contributed by atoms with E-state index in [4.69, 9.17) is 9.47 Å². The van der Waals surface area contributed by atoms with Gasteiger partial charge in [-0.05, 0) is 38.8 Å². The molecule has 0 fully saturated rings. The van der Waals surface area contributed by atoms with Gasteiger partial charge < -0.3 is 9.47 Å². The lowest BCUT2D eigenvalue weighted by atomic mass is 9.98. The summed E-state index contributed by atoms with van der Waals surface area (Å²) in [5.41, 5.74) is 1.95. The van der Waals surface area contributed by atoms with Crippen molar-refractivity contribution in [2.45, 2.75) is 27.2 Å². The van der Waals surface area contributed by atoms with Crippen molar-refractivity contribution in [1.29, 1.82) is 0 Å². The van der Waals surface area contributed by atoms with E-state index in [0.717, 1.165) is 15.6 Å². The number of carbonyl (C=O) groups excluding carboxylic acids is 2. The lowest BCUT2D eigenvalue weighted by Crippen LogP contribution is -2.30. The van der Waals surface area contributed by atoms with Crippen molar-refractivity contribution < 1.29 is 19.1 Å². The van der Waals surface area contributed by atoms with Gasteiger partial charge in [-0.1, -0.05) is 33.6 Å². The summed E-state index contributed by atoms with van der Waals surface area (Å²) in [5.74, 6) is -2.01. The first-order valence-corrected chi connectivity index (χ1v) is 7.37. The fourth-order valence-electron chi connectivity index (χ4n) is 1.83. The zero-order valence-corrected chi connectivity index (χ0v) is 13.5. The predicted octanol–water partition coefficient (Wildman–Crippen LogP) is 3.04. The molecule has 0 spiro atoms. The van der Waals surface area contributed by atoms with Crippen LogP contribution < -0.4 is 0 Å². The molecule has 0 radical (unpaired) electrons. The van der Waals surface area contributed by atoms with E-state index < -0.39 is 17.9 Å². The van der Waals surface area contributed by atoms with Crippen molar-refractivity contribution >= 4 is 27.9 Å². The van der Waals surface area contributed by atoms with Crippen LogP contribution >= 0.6 is 15.9 Å². The lowest BCUT2D eigenvalue weighted by Gasteiger charge is -2.15. The molecule has 0 aliphatic heterocycles. The zero-order chi connectivity index (χ0) is 15.1. The molecule has 0 unspecified atom stereocenters. The van der Waals surface area contributed by atoms with E-state index in [1.807, 2.05) is 25.1 Å². The SMILES string of the molecule is CCOC(=O)C(Cc1cc(C)ccc1Br)C(=O)OCC. The van der Waals surface area contributed by atoms with Gasteiger partial charge in [0.1, 0.15) is 0 Å². The highest BCUT2D eigenvalue weighted by atomic mass is 79.9. The van der Waals surface area contributed by atoms with E-state index in [1.54, 1.807) is 13.8 Å². The van der Waals surface area contributed by atoms with Crippen LogP contribution in [-0.2, 0) is 25.5 Å². The Labute approximate surface area is 127 Å². The van der Waals surface area contributed by atoms with Gasteiger partial charge >= 0.3 is 11.9 Å². The summed E-state index contributed by atoms with van der Waals surface area (Å²) in [5, 5.41) is 0. The summed E-state index contributed by atoms with van der Waals surface area (Å²) in [6, 6.07) is 5.80. The number of halogens is 1. The number of hydrogen-bond donors (Lipinski definition) is 0. The molecule has 0 aliphatic carbocycles. The summed E-state index contributed by atoms with van der Waals surface area (Å²) < 4.78 is 10.8. The van der Waals surface area contributed by atoms with Crippen molar-refractivity contribution in [1.82, 2.24) is 0 Å². The first kappa shape index (κ1) is 16.7. The zero-order valence-electron chi connectivity index (χ0n) is 11.9. The standard InChI is InChI=1S/C15H19BrO4/c1-4-19-14(17)12(15(18)20-5-2)9-11-8-10(3)6-7-13(11)16/h6-8,12H,4-5,9H2,1-3H3. The fraction of sp³-hybridized carbons (Fsp3) is 0.467. The van der Waals surface area contributed by atoms with Gasteiger partial charge in [-0.25, -0.2) is 0 Å². The molecule has 5 heteroatoms. The van der Waals surface area contributed by atoms with Crippen molar-refractivity contribution in [3.63, 3.8) is 0 Å². The number of hydrogen-bond acceptors (Lipinski definition) is 4. The molecule has 0 bridgehead atoms. The van der Waals surface area contributed by atoms with Crippen LogP contribution in [0.15, 0.2) is 22.7 Å². The van der Waals surface area contributed by atoms with E-state index in [-0.39, 0.29) is 19.6 Å². The highest BCUT2D eigenvalue weighted by molar-refractivity contribution is 9.10. The van der Waals surface area contributed by atoms with Gasteiger partial charge in [0.05, 0.1) is 13.2 Å². The van der Waals surface area contributed by atoms with Crippen molar-refractivity contribution in [2.24, 2.45) is 5.92 Å². The van der Waals surface area contributed by atoms with Gasteiger partial charge in [-0.3, -0.25) is 9.59 Å². The summed E-state index contributed by atoms with van der Waals surface area (Å²) in [6.45, 7) is 5.86. The van der Waals surface area contributed by atoms with E-state index in [9.17, 15) is 9.59 Å². The minimum Gasteiger partial charge on any atom is -0.465 e. The Morgan fingerprint density at radius 3 is 2.20 bits per heavy atom. The van der Waals surface area contributed by atoms with Gasteiger partial charge in [-0.2, -0.15) is 0 Å². The Hall–Kier alpha value is -1.36. The maximum Gasteiger partial charge on any atom is 0.320 e. The second-order valence-corrected chi connectivity index (χ2v) is 5.21. The minimum atomic E-state index is -0.923. The Morgan fingerprint density at radius 2 is 1.70 bits per heavy atom. The summed E-state index contributed by atoms with van der Waals surface area (Å²) in [6.07, 6.45) is 0.264. The lowest BCUT2D eigenvalue weighted by molar-refractivity contribution is -0.161. The second-order valence-electron chi connectivity index (χ2n) is 4.36. The van der Waals surface area contributed by atoms with Crippen molar-refractivity contribution in [2.75, 3.05) is 13.2 Å². The van der Waals surface area contributed by atoms with Gasteiger partial charge in [0.25, 0.3) is 0 Å². The number of benzene rings is 1. The van der Waals surface area contributed by atoms with Gasteiger partial charge in [0.15, 0.2) is 5.92 Å². The monoisotopic (exact) mass is 342 g/mol. The first-order valence-electron chi connectivity index (χ1n) is 6.57. The molecule has 1 aromatic rings. The maximum atomic E-state index is 11.9. The Kier molecular flexibility index (Phi) is 6.71. The van der Waals surface area contributed by atoms with E-state index >= 15 is 0 Å². The van der Waals surface area contributed by atoms with Crippen LogP contribution in [0.1, 0.15) is 25.0 Å². The molecule has 110 valence electrons. The number of ether oxygens (including phenoxy) is 2. The van der Waals surface area contributed by atoms with Crippen LogP contribution in [0.5, 0.6) is 0 Å². The average Bonchev–Trinajstić information content (AvgIpc) is 2.40. The quantitative estimate of drug-likeness (QED) is 0.589. The molecule has 0 amide bonds. The van der Waals surface area contributed by atoms with Crippen molar-refractivity contribution in [3.05, 3.63) is 33.8 Å². The molecule has 0 saturated carbocycles. The van der Waals surface area contributed by atoms with Crippen LogP contribution in [-0.4, -0.2) is 25.2 Å². The molecule has 0 saturated heterocycles. The third-order valence-electron chi connectivity index (χ3n) is 2.77. The molecule has 0 aliphatic rings. The molecule has 0 atom stereocenters. The third-order valence-corrected chi connectivity index (χ3v) is 3.54. The van der Waals surface area contributed by atoms with Crippen LogP contribution in [0.25, 0.3) is 0 Å². The van der Waals surface area contributed by atoms with Crippen LogP contribution in [0.3, 0.4) is 0 Å². The molecule has 20 heavy (non-hydrogen) atoms. The van der Waals surface area contributed by atoms with E-state index in [0.29, 0.717) is 0 Å². The summed E-state index contributed by atoms with van der Waals surface area (Å²) >= 11 is 3.43. The number of carbonyl (C=O) groups is 2. The van der Waals surface area contributed by atoms with Gasteiger partial charge in [-0.15, -0.1) is 0 Å². The van der Waals surface area contributed by atoms with Gasteiger partial charge in [0, 0.05) is 4.47 Å². The normalized spacial score (nSPS) is 10.4. The number of esters is 2. The number of rotatable bonds is 6. The fourth-order valence-corrected chi connectivity index (χ4v) is 2.24. The Balaban J connectivity index is 2.96. The molecular weight excluding hydrogens is 324 g/mol. The largest absolute Gasteiger partial charge is 0.465 e. The first-order chi connectivity index (χ1) is 9.49. The van der Waals surface area contributed by atoms with E-state index in [2.05, 4.69) is 15.9 Å². The molecule has 0 aromatic heterocycles. The van der Waals surface area contributed by atoms with Crippen molar-refractivity contribution in [3.8, 4) is 0 Å². The summed E-state index contributed by atoms with van der Waals surface area (Å²) in [4.78, 5) is 23.8. The van der Waals surface area contributed by atoms with Crippen LogP contribution in [0.4, 0.5) is 0 Å². The molecule has 0 N–H and O–H groups in total. The summed E-state index contributed by atoms with van der Waals surface area (Å²) in [7, 11) is 0. The maximum absolute atomic E-state index is 11.9.